The van der Waals surface area contributed by atoms with Crippen LogP contribution in [0.15, 0.2) is 18.2 Å². The van der Waals surface area contributed by atoms with Gasteiger partial charge in [0.05, 0.1) is 0 Å². The molecule has 68 valence electrons. The van der Waals surface area contributed by atoms with E-state index in [-0.39, 0.29) is 0 Å². The molecule has 0 aliphatic rings. The van der Waals surface area contributed by atoms with Gasteiger partial charge >= 0.3 is 75.7 Å². The van der Waals surface area contributed by atoms with Crippen LogP contribution in [0.3, 0.4) is 0 Å². The van der Waals surface area contributed by atoms with Crippen molar-refractivity contribution in [2.24, 2.45) is 0 Å². The van der Waals surface area contributed by atoms with Crippen LogP contribution in [0.5, 0.6) is 0 Å². The van der Waals surface area contributed by atoms with Gasteiger partial charge in [-0.05, 0) is 0 Å². The van der Waals surface area contributed by atoms with E-state index in [9.17, 15) is 0 Å². The zero-order valence-electron chi connectivity index (χ0n) is 8.73. The second kappa shape index (κ2) is 3.18. The van der Waals surface area contributed by atoms with Gasteiger partial charge in [0, 0.05) is 0 Å². The van der Waals surface area contributed by atoms with E-state index in [4.69, 9.17) is 0 Å². The first kappa shape index (κ1) is 9.74. The average molecular weight is 182 g/mol. The molecule has 0 unspecified atom stereocenters. The number of aryl methyl sites for hydroxylation is 2. The molecule has 1 aromatic carbocycles. The molecule has 0 spiro atoms. The van der Waals surface area contributed by atoms with Crippen LogP contribution < -0.4 is 5.30 Å². The van der Waals surface area contributed by atoms with Crippen molar-refractivity contribution in [3.8, 4) is 0 Å². The van der Waals surface area contributed by atoms with Gasteiger partial charge in [0.2, 0.25) is 0 Å². The Labute approximate surface area is 76.3 Å². The molecule has 0 atom stereocenters. The van der Waals surface area contributed by atoms with E-state index < -0.39 is 7.26 Å². The Kier molecular flexibility index (Phi) is 2.58. The molecule has 0 aliphatic carbocycles. The summed E-state index contributed by atoms with van der Waals surface area (Å²) in [7, 11) is -1.10. The molecule has 0 heterocycles. The third kappa shape index (κ3) is 2.08. The van der Waals surface area contributed by atoms with E-state index in [0.717, 1.165) is 0 Å². The van der Waals surface area contributed by atoms with Gasteiger partial charge in [-0.15, -0.1) is 0 Å². The van der Waals surface area contributed by atoms with Crippen molar-refractivity contribution in [2.45, 2.75) is 13.8 Å². The van der Waals surface area contributed by atoms with Crippen molar-refractivity contribution >= 4 is 12.6 Å². The molecule has 0 fully saturated rings. The predicted octanol–water partition coefficient (Wildman–Crippen LogP) is 2.57. The Hall–Kier alpha value is -0.350. The van der Waals surface area contributed by atoms with Crippen molar-refractivity contribution < 1.29 is 0 Å². The van der Waals surface area contributed by atoms with Crippen LogP contribution in [0.2, 0.25) is 0 Å². The van der Waals surface area contributed by atoms with Crippen molar-refractivity contribution in [1.82, 2.24) is 0 Å². The van der Waals surface area contributed by atoms with Crippen LogP contribution in [0, 0.1) is 13.8 Å². The van der Waals surface area contributed by atoms with Gasteiger partial charge in [-0.1, -0.05) is 0 Å². The number of benzene rings is 1. The summed E-state index contributed by atoms with van der Waals surface area (Å²) in [5, 5.41) is 1.59. The third-order valence-corrected chi connectivity index (χ3v) is 4.37. The predicted molar refractivity (Wildman–Crippen MR) is 61.6 cm³/mol. The molecule has 0 aliphatic heterocycles. The monoisotopic (exact) mass is 182 g/mol. The van der Waals surface area contributed by atoms with Gasteiger partial charge in [0.15, 0.2) is 0 Å². The minimum atomic E-state index is -1.10. The second-order valence-corrected chi connectivity index (χ2v) is 9.61. The maximum absolute atomic E-state index is 2.39. The van der Waals surface area contributed by atoms with Crippen molar-refractivity contribution in [3.05, 3.63) is 29.3 Å². The van der Waals surface area contributed by atoms with E-state index in [1.165, 1.54) is 11.1 Å². The Balaban J connectivity index is 3.19. The average Bonchev–Trinajstić information content (AvgIpc) is 1.83. The third-order valence-electron chi connectivity index (χ3n) is 2.19. The second-order valence-electron chi connectivity index (χ2n) is 4.57. The first-order valence-electron chi connectivity index (χ1n) is 4.49. The molecule has 0 saturated heterocycles. The van der Waals surface area contributed by atoms with Crippen molar-refractivity contribution in [2.75, 3.05) is 20.0 Å². The summed E-state index contributed by atoms with van der Waals surface area (Å²) in [5.41, 5.74) is 2.84. The Morgan fingerprint density at radius 3 is 2.00 bits per heavy atom. The van der Waals surface area contributed by atoms with E-state index >= 15 is 0 Å². The van der Waals surface area contributed by atoms with Crippen LogP contribution in [0.25, 0.3) is 0 Å². The number of hydrogen-bond donors (Lipinski definition) is 0. The Morgan fingerprint density at radius 1 is 1.00 bits per heavy atom. The number of hydrogen-bond acceptors (Lipinski definition) is 0. The van der Waals surface area contributed by atoms with Gasteiger partial charge < -0.3 is 0 Å². The first-order valence-corrected chi connectivity index (χ1v) is 7.99. The molecule has 1 heteroatoms. The molecule has 1 rings (SSSR count). The topological polar surface area (TPSA) is 0 Å². The fraction of sp³-hybridized carbons (Fsp3) is 0.455. The summed E-state index contributed by atoms with van der Waals surface area (Å²) in [4.78, 5) is 0. The van der Waals surface area contributed by atoms with Crippen LogP contribution >= 0.6 is 7.26 Å². The molecule has 0 amide bonds. The standard InChI is InChI=1S/C11H19P/c1-9-6-7-11(10(2)8-9)12(3,4)5/h6-8,12H,1-5H3. The minimum absolute atomic E-state index is 1.10. The fourth-order valence-electron chi connectivity index (χ4n) is 1.66. The van der Waals surface area contributed by atoms with Crippen LogP contribution in [-0.2, 0) is 0 Å². The first-order chi connectivity index (χ1) is 5.41. The number of rotatable bonds is 1. The van der Waals surface area contributed by atoms with E-state index in [0.29, 0.717) is 0 Å². The summed E-state index contributed by atoms with van der Waals surface area (Å²) in [6, 6.07) is 6.81. The van der Waals surface area contributed by atoms with E-state index in [1.807, 2.05) is 0 Å². The zero-order valence-corrected chi connectivity index (χ0v) is 9.73. The maximum atomic E-state index is 2.39. The molecule has 0 N–H and O–H groups in total. The van der Waals surface area contributed by atoms with Gasteiger partial charge in [0.25, 0.3) is 0 Å². The molecule has 12 heavy (non-hydrogen) atoms. The van der Waals surface area contributed by atoms with Gasteiger partial charge in [0.1, 0.15) is 0 Å². The molecular formula is C11H19P. The molecular weight excluding hydrogens is 163 g/mol. The fourth-order valence-corrected chi connectivity index (χ4v) is 3.49. The van der Waals surface area contributed by atoms with Crippen LogP contribution in [0.1, 0.15) is 11.1 Å². The van der Waals surface area contributed by atoms with E-state index in [1.54, 1.807) is 5.30 Å². The SMILES string of the molecule is Cc1ccc([PH](C)(C)C)c(C)c1. The summed E-state index contributed by atoms with van der Waals surface area (Å²) in [5.74, 6) is 0. The Bertz CT molecular complexity index is 282. The normalized spacial score (nSPS) is 13.1. The molecule has 0 saturated carbocycles. The van der Waals surface area contributed by atoms with E-state index in [2.05, 4.69) is 52.0 Å². The van der Waals surface area contributed by atoms with Crippen LogP contribution in [0.4, 0.5) is 0 Å². The summed E-state index contributed by atoms with van der Waals surface area (Å²) in [6.07, 6.45) is 0. The van der Waals surface area contributed by atoms with Crippen molar-refractivity contribution in [1.29, 1.82) is 0 Å². The molecule has 0 nitrogen and oxygen atoms in total. The van der Waals surface area contributed by atoms with Gasteiger partial charge in [-0.2, -0.15) is 0 Å². The van der Waals surface area contributed by atoms with Crippen LogP contribution in [-0.4, -0.2) is 20.0 Å². The molecule has 0 bridgehead atoms. The summed E-state index contributed by atoms with van der Waals surface area (Å²) in [6.45, 7) is 11.6. The summed E-state index contributed by atoms with van der Waals surface area (Å²) < 4.78 is 0. The summed E-state index contributed by atoms with van der Waals surface area (Å²) >= 11 is 0. The van der Waals surface area contributed by atoms with Gasteiger partial charge in [-0.3, -0.25) is 0 Å². The molecule has 1 aromatic rings. The van der Waals surface area contributed by atoms with Crippen molar-refractivity contribution in [3.63, 3.8) is 0 Å². The quantitative estimate of drug-likeness (QED) is 0.585. The zero-order chi connectivity index (χ0) is 9.35. The van der Waals surface area contributed by atoms with Gasteiger partial charge in [-0.25, -0.2) is 0 Å². The molecule has 0 radical (unpaired) electrons. The molecule has 0 aromatic heterocycles. The Morgan fingerprint density at radius 2 is 1.58 bits per heavy atom.